The molecule has 0 saturated carbocycles. The highest BCUT2D eigenvalue weighted by Crippen LogP contribution is 2.06. The normalized spacial score (nSPS) is 14.8. The molecule has 2 atom stereocenters. The quantitative estimate of drug-likeness (QED) is 0.754. The summed E-state index contributed by atoms with van der Waals surface area (Å²) >= 11 is 3.23. The molecular weight excluding hydrogens is 234 g/mol. The standard InChI is InChI=1S/C9H16BrNO2/c1-6(10)5-11-8(3)7(2)9(12)13-4/h7-8,11H,1,5H2,2-4H3. The molecule has 0 aromatic carbocycles. The van der Waals surface area contributed by atoms with E-state index in [0.29, 0.717) is 6.54 Å². The van der Waals surface area contributed by atoms with Gasteiger partial charge in [0.1, 0.15) is 0 Å². The molecule has 0 aromatic rings. The molecule has 0 amide bonds. The van der Waals surface area contributed by atoms with Crippen molar-refractivity contribution in [1.29, 1.82) is 0 Å². The third-order valence-corrected chi connectivity index (χ3v) is 2.22. The minimum Gasteiger partial charge on any atom is -0.469 e. The highest BCUT2D eigenvalue weighted by Gasteiger charge is 2.19. The van der Waals surface area contributed by atoms with Crippen molar-refractivity contribution in [2.45, 2.75) is 19.9 Å². The molecule has 1 N–H and O–H groups in total. The van der Waals surface area contributed by atoms with Crippen LogP contribution in [0.2, 0.25) is 0 Å². The van der Waals surface area contributed by atoms with E-state index >= 15 is 0 Å². The number of nitrogens with one attached hydrogen (secondary N) is 1. The lowest BCUT2D eigenvalue weighted by atomic mass is 10.0. The van der Waals surface area contributed by atoms with E-state index in [1.54, 1.807) is 0 Å². The maximum atomic E-state index is 11.1. The van der Waals surface area contributed by atoms with Gasteiger partial charge in [0.25, 0.3) is 0 Å². The number of carbonyl (C=O) groups excluding carboxylic acids is 1. The first-order valence-corrected chi connectivity index (χ1v) is 4.92. The van der Waals surface area contributed by atoms with E-state index in [-0.39, 0.29) is 17.9 Å². The van der Waals surface area contributed by atoms with E-state index in [1.165, 1.54) is 7.11 Å². The highest BCUT2D eigenvalue weighted by atomic mass is 79.9. The van der Waals surface area contributed by atoms with Gasteiger partial charge in [-0.3, -0.25) is 4.79 Å². The molecule has 0 fully saturated rings. The number of rotatable bonds is 5. The smallest absolute Gasteiger partial charge is 0.309 e. The minimum atomic E-state index is -0.194. The van der Waals surface area contributed by atoms with Crippen molar-refractivity contribution in [3.05, 3.63) is 11.1 Å². The number of hydrogen-bond donors (Lipinski definition) is 1. The summed E-state index contributed by atoms with van der Waals surface area (Å²) in [6.07, 6.45) is 0. The second kappa shape index (κ2) is 6.16. The van der Waals surface area contributed by atoms with Gasteiger partial charge in [-0.25, -0.2) is 0 Å². The summed E-state index contributed by atoms with van der Waals surface area (Å²) < 4.78 is 5.50. The van der Waals surface area contributed by atoms with Gasteiger partial charge in [-0.2, -0.15) is 0 Å². The fraction of sp³-hybridized carbons (Fsp3) is 0.667. The van der Waals surface area contributed by atoms with E-state index in [2.05, 4.69) is 32.6 Å². The molecular formula is C9H16BrNO2. The van der Waals surface area contributed by atoms with Gasteiger partial charge in [0.15, 0.2) is 0 Å². The number of ether oxygens (including phenoxy) is 1. The Bertz CT molecular complexity index is 194. The first-order valence-electron chi connectivity index (χ1n) is 4.13. The lowest BCUT2D eigenvalue weighted by molar-refractivity contribution is -0.145. The van der Waals surface area contributed by atoms with Crippen molar-refractivity contribution >= 4 is 21.9 Å². The summed E-state index contributed by atoms with van der Waals surface area (Å²) in [5.74, 6) is -0.336. The Morgan fingerprint density at radius 2 is 2.15 bits per heavy atom. The van der Waals surface area contributed by atoms with Crippen molar-refractivity contribution in [3.8, 4) is 0 Å². The van der Waals surface area contributed by atoms with Gasteiger partial charge in [-0.1, -0.05) is 29.4 Å². The largest absolute Gasteiger partial charge is 0.469 e. The number of carbonyl (C=O) groups is 1. The Morgan fingerprint density at radius 3 is 2.54 bits per heavy atom. The molecule has 4 heteroatoms. The summed E-state index contributed by atoms with van der Waals surface area (Å²) in [4.78, 5) is 11.1. The van der Waals surface area contributed by atoms with Gasteiger partial charge in [0.2, 0.25) is 0 Å². The lowest BCUT2D eigenvalue weighted by Gasteiger charge is -2.18. The number of halogens is 1. The molecule has 0 radical (unpaired) electrons. The fourth-order valence-corrected chi connectivity index (χ4v) is 1.00. The minimum absolute atomic E-state index is 0.0850. The third-order valence-electron chi connectivity index (χ3n) is 1.94. The molecule has 0 aliphatic rings. The monoisotopic (exact) mass is 249 g/mol. The zero-order valence-corrected chi connectivity index (χ0v) is 9.85. The van der Waals surface area contributed by atoms with Crippen LogP contribution in [0.25, 0.3) is 0 Å². The number of hydrogen-bond acceptors (Lipinski definition) is 3. The number of esters is 1. The van der Waals surface area contributed by atoms with Crippen LogP contribution in [0, 0.1) is 5.92 Å². The predicted octanol–water partition coefficient (Wildman–Crippen LogP) is 1.68. The van der Waals surface area contributed by atoms with E-state index in [9.17, 15) is 4.79 Å². The molecule has 0 spiro atoms. The topological polar surface area (TPSA) is 38.3 Å². The van der Waals surface area contributed by atoms with Gasteiger partial charge in [-0.05, 0) is 6.92 Å². The van der Waals surface area contributed by atoms with Crippen LogP contribution in [-0.4, -0.2) is 25.7 Å². The summed E-state index contributed by atoms with van der Waals surface area (Å²) in [6.45, 7) is 8.12. The van der Waals surface area contributed by atoms with Crippen LogP contribution in [0.5, 0.6) is 0 Å². The molecule has 0 bridgehead atoms. The molecule has 2 unspecified atom stereocenters. The zero-order valence-electron chi connectivity index (χ0n) is 8.26. The maximum absolute atomic E-state index is 11.1. The van der Waals surface area contributed by atoms with Crippen molar-refractivity contribution in [2.24, 2.45) is 5.92 Å². The Labute approximate surface area is 87.7 Å². The first-order chi connectivity index (χ1) is 5.99. The average Bonchev–Trinajstić information content (AvgIpc) is 2.11. The second-order valence-corrected chi connectivity index (χ2v) is 4.12. The second-order valence-electron chi connectivity index (χ2n) is 3.00. The van der Waals surface area contributed by atoms with Crippen LogP contribution in [0.3, 0.4) is 0 Å². The molecule has 76 valence electrons. The van der Waals surface area contributed by atoms with E-state index in [0.717, 1.165) is 4.48 Å². The predicted molar refractivity (Wildman–Crippen MR) is 56.7 cm³/mol. The lowest BCUT2D eigenvalue weighted by Crippen LogP contribution is -2.37. The van der Waals surface area contributed by atoms with Crippen LogP contribution < -0.4 is 5.32 Å². The van der Waals surface area contributed by atoms with E-state index in [1.807, 2.05) is 13.8 Å². The van der Waals surface area contributed by atoms with Crippen molar-refractivity contribution in [1.82, 2.24) is 5.32 Å². The van der Waals surface area contributed by atoms with Crippen molar-refractivity contribution in [2.75, 3.05) is 13.7 Å². The fourth-order valence-electron chi connectivity index (χ4n) is 0.839. The van der Waals surface area contributed by atoms with E-state index < -0.39 is 0 Å². The Balaban J connectivity index is 3.88. The summed E-state index contributed by atoms with van der Waals surface area (Å²) in [5.41, 5.74) is 0. The summed E-state index contributed by atoms with van der Waals surface area (Å²) in [6, 6.07) is 0.0850. The van der Waals surface area contributed by atoms with Crippen LogP contribution in [0.1, 0.15) is 13.8 Å². The SMILES string of the molecule is C=C(Br)CNC(C)C(C)C(=O)OC. The molecule has 0 saturated heterocycles. The average molecular weight is 250 g/mol. The van der Waals surface area contributed by atoms with Crippen LogP contribution >= 0.6 is 15.9 Å². The molecule has 13 heavy (non-hydrogen) atoms. The summed E-state index contributed by atoms with van der Waals surface area (Å²) in [7, 11) is 1.40. The van der Waals surface area contributed by atoms with Gasteiger partial charge in [0, 0.05) is 17.1 Å². The molecule has 0 heterocycles. The van der Waals surface area contributed by atoms with Crippen LogP contribution in [-0.2, 0) is 9.53 Å². The summed E-state index contributed by atoms with van der Waals surface area (Å²) in [5, 5.41) is 3.15. The van der Waals surface area contributed by atoms with Crippen LogP contribution in [0.15, 0.2) is 11.1 Å². The van der Waals surface area contributed by atoms with Crippen LogP contribution in [0.4, 0.5) is 0 Å². The Morgan fingerprint density at radius 1 is 1.62 bits per heavy atom. The number of methoxy groups -OCH3 is 1. The molecule has 0 aliphatic carbocycles. The van der Waals surface area contributed by atoms with Gasteiger partial charge < -0.3 is 10.1 Å². The Hall–Kier alpha value is -0.350. The third kappa shape index (κ3) is 5.05. The maximum Gasteiger partial charge on any atom is 0.309 e. The first kappa shape index (κ1) is 12.7. The van der Waals surface area contributed by atoms with Crippen molar-refractivity contribution in [3.63, 3.8) is 0 Å². The van der Waals surface area contributed by atoms with Gasteiger partial charge in [-0.15, -0.1) is 0 Å². The Kier molecular flexibility index (Phi) is 5.99. The molecule has 0 rings (SSSR count). The zero-order chi connectivity index (χ0) is 10.4. The van der Waals surface area contributed by atoms with Gasteiger partial charge >= 0.3 is 5.97 Å². The van der Waals surface area contributed by atoms with E-state index in [4.69, 9.17) is 0 Å². The van der Waals surface area contributed by atoms with Crippen molar-refractivity contribution < 1.29 is 9.53 Å². The molecule has 0 aliphatic heterocycles. The highest BCUT2D eigenvalue weighted by molar-refractivity contribution is 9.11. The molecule has 3 nitrogen and oxygen atoms in total. The molecule has 0 aromatic heterocycles. The van der Waals surface area contributed by atoms with Gasteiger partial charge in [0.05, 0.1) is 13.0 Å².